The van der Waals surface area contributed by atoms with Crippen LogP contribution in [0.15, 0.2) is 0 Å². The van der Waals surface area contributed by atoms with Crippen LogP contribution in [0.5, 0.6) is 0 Å². The first-order valence-electron chi connectivity index (χ1n) is 5.88. The molecule has 2 fully saturated rings. The average Bonchev–Trinajstić information content (AvgIpc) is 2.43. The molecule has 2 N–H and O–H groups in total. The van der Waals surface area contributed by atoms with Crippen LogP contribution in [-0.4, -0.2) is 34.2 Å². The largest absolute Gasteiger partial charge is 0.392 e. The van der Waals surface area contributed by atoms with Crippen molar-refractivity contribution in [1.29, 1.82) is 0 Å². The molecule has 0 aromatic heterocycles. The van der Waals surface area contributed by atoms with Gasteiger partial charge in [-0.15, -0.1) is 0 Å². The van der Waals surface area contributed by atoms with Crippen molar-refractivity contribution in [1.82, 2.24) is 10.4 Å². The number of carbonyl (C=O) groups excluding carboxylic acids is 1. The van der Waals surface area contributed by atoms with Gasteiger partial charge in [0.15, 0.2) is 0 Å². The van der Waals surface area contributed by atoms with Crippen LogP contribution < -0.4 is 5.43 Å². The molecule has 0 aromatic carbocycles. The molecule has 2 rings (SSSR count). The zero-order valence-electron chi connectivity index (χ0n) is 9.33. The fraction of sp³-hybridized carbons (Fsp3) is 0.909. The first-order chi connectivity index (χ1) is 7.11. The number of β-amino-alcohol motifs (C(OH)–C–C–N with tert-alkyl or cyclic N) is 1. The first kappa shape index (κ1) is 10.9. The van der Waals surface area contributed by atoms with Crippen LogP contribution in [-0.2, 0) is 4.79 Å². The highest BCUT2D eigenvalue weighted by atomic mass is 16.3. The standard InChI is InChI=1S/C11H20N2O2/c1-9(14)8-13-10(15)7-11(12-13)5-3-2-4-6-11/h9,12,14H,2-8H2,1H3. The van der Waals surface area contributed by atoms with E-state index in [1.165, 1.54) is 19.3 Å². The van der Waals surface area contributed by atoms with Crippen molar-refractivity contribution in [2.75, 3.05) is 6.54 Å². The highest BCUT2D eigenvalue weighted by Crippen LogP contribution is 2.35. The molecule has 1 spiro atoms. The van der Waals surface area contributed by atoms with E-state index in [1.54, 1.807) is 11.9 Å². The van der Waals surface area contributed by atoms with Crippen molar-refractivity contribution in [2.45, 2.75) is 57.1 Å². The Morgan fingerprint density at radius 2 is 2.13 bits per heavy atom. The predicted molar refractivity (Wildman–Crippen MR) is 57.0 cm³/mol. The molecule has 1 heterocycles. The van der Waals surface area contributed by atoms with Crippen molar-refractivity contribution in [3.8, 4) is 0 Å². The van der Waals surface area contributed by atoms with E-state index in [9.17, 15) is 9.90 Å². The highest BCUT2D eigenvalue weighted by Gasteiger charge is 2.43. The molecule has 1 aliphatic carbocycles. The molecule has 1 unspecified atom stereocenters. The van der Waals surface area contributed by atoms with Gasteiger partial charge in [0.2, 0.25) is 5.91 Å². The van der Waals surface area contributed by atoms with Crippen LogP contribution in [0.25, 0.3) is 0 Å². The molecule has 1 atom stereocenters. The molecule has 0 bridgehead atoms. The number of hydrogen-bond acceptors (Lipinski definition) is 3. The Bertz CT molecular complexity index is 247. The summed E-state index contributed by atoms with van der Waals surface area (Å²) in [6, 6.07) is 0. The Kier molecular flexibility index (Phi) is 2.98. The Morgan fingerprint density at radius 3 is 2.73 bits per heavy atom. The number of carbonyl (C=O) groups is 1. The van der Waals surface area contributed by atoms with Gasteiger partial charge in [-0.05, 0) is 19.8 Å². The molecular formula is C11H20N2O2. The summed E-state index contributed by atoms with van der Waals surface area (Å²) < 4.78 is 0. The molecule has 4 nitrogen and oxygen atoms in total. The first-order valence-corrected chi connectivity index (χ1v) is 5.88. The molecule has 1 amide bonds. The van der Waals surface area contributed by atoms with Gasteiger partial charge in [-0.1, -0.05) is 19.3 Å². The zero-order chi connectivity index (χ0) is 10.9. The number of amides is 1. The smallest absolute Gasteiger partial charge is 0.238 e. The number of hydrogen-bond donors (Lipinski definition) is 2. The van der Waals surface area contributed by atoms with Crippen LogP contribution in [0.4, 0.5) is 0 Å². The van der Waals surface area contributed by atoms with Gasteiger partial charge in [0.1, 0.15) is 0 Å². The molecule has 4 heteroatoms. The number of nitrogens with one attached hydrogen (secondary N) is 1. The molecule has 1 saturated heterocycles. The quantitative estimate of drug-likeness (QED) is 0.712. The fourth-order valence-electron chi connectivity index (χ4n) is 2.70. The summed E-state index contributed by atoms with van der Waals surface area (Å²) in [6.45, 7) is 2.11. The van der Waals surface area contributed by atoms with E-state index in [0.717, 1.165) is 12.8 Å². The van der Waals surface area contributed by atoms with E-state index in [2.05, 4.69) is 5.43 Å². The van der Waals surface area contributed by atoms with Crippen molar-refractivity contribution >= 4 is 5.91 Å². The molecule has 1 aliphatic heterocycles. The molecule has 86 valence electrons. The minimum atomic E-state index is -0.458. The number of aliphatic hydroxyl groups excluding tert-OH is 1. The summed E-state index contributed by atoms with van der Waals surface area (Å²) >= 11 is 0. The van der Waals surface area contributed by atoms with Crippen molar-refractivity contribution < 1.29 is 9.90 Å². The van der Waals surface area contributed by atoms with E-state index in [1.807, 2.05) is 0 Å². The van der Waals surface area contributed by atoms with Crippen LogP contribution >= 0.6 is 0 Å². The Balaban J connectivity index is 1.98. The van der Waals surface area contributed by atoms with Crippen LogP contribution in [0.2, 0.25) is 0 Å². The predicted octanol–water partition coefficient (Wildman–Crippen LogP) is 0.807. The van der Waals surface area contributed by atoms with Gasteiger partial charge in [0.05, 0.1) is 12.6 Å². The van der Waals surface area contributed by atoms with Gasteiger partial charge in [-0.2, -0.15) is 0 Å². The van der Waals surface area contributed by atoms with Crippen LogP contribution in [0, 0.1) is 0 Å². The van der Waals surface area contributed by atoms with E-state index in [-0.39, 0.29) is 11.4 Å². The van der Waals surface area contributed by atoms with E-state index in [4.69, 9.17) is 0 Å². The summed E-state index contributed by atoms with van der Waals surface area (Å²) in [5.74, 6) is 0.137. The van der Waals surface area contributed by atoms with Crippen molar-refractivity contribution in [3.63, 3.8) is 0 Å². The van der Waals surface area contributed by atoms with Gasteiger partial charge < -0.3 is 5.11 Å². The topological polar surface area (TPSA) is 52.6 Å². The Morgan fingerprint density at radius 1 is 1.47 bits per heavy atom. The maximum absolute atomic E-state index is 11.7. The number of hydrazine groups is 1. The summed E-state index contributed by atoms with van der Waals surface area (Å²) in [6.07, 6.45) is 6.05. The van der Waals surface area contributed by atoms with Crippen LogP contribution in [0.3, 0.4) is 0 Å². The van der Waals surface area contributed by atoms with Gasteiger partial charge >= 0.3 is 0 Å². The molecule has 15 heavy (non-hydrogen) atoms. The molecule has 1 saturated carbocycles. The second-order valence-electron chi connectivity index (χ2n) is 4.98. The summed E-state index contributed by atoms with van der Waals surface area (Å²) in [7, 11) is 0. The van der Waals surface area contributed by atoms with Gasteiger partial charge in [-0.3, -0.25) is 9.80 Å². The SMILES string of the molecule is CC(O)CN1NC2(CCCCC2)CC1=O. The highest BCUT2D eigenvalue weighted by molar-refractivity contribution is 5.79. The number of rotatable bonds is 2. The second kappa shape index (κ2) is 4.10. The Labute approximate surface area is 90.6 Å². The van der Waals surface area contributed by atoms with Crippen molar-refractivity contribution in [3.05, 3.63) is 0 Å². The number of nitrogens with zero attached hydrogens (tertiary/aromatic N) is 1. The average molecular weight is 212 g/mol. The van der Waals surface area contributed by atoms with Gasteiger partial charge in [0, 0.05) is 12.0 Å². The molecule has 0 radical (unpaired) electrons. The zero-order valence-corrected chi connectivity index (χ0v) is 9.33. The lowest BCUT2D eigenvalue weighted by Gasteiger charge is -2.33. The van der Waals surface area contributed by atoms with E-state index >= 15 is 0 Å². The molecular weight excluding hydrogens is 192 g/mol. The third kappa shape index (κ3) is 2.32. The van der Waals surface area contributed by atoms with Crippen LogP contribution in [0.1, 0.15) is 45.4 Å². The third-order valence-electron chi connectivity index (χ3n) is 3.42. The monoisotopic (exact) mass is 212 g/mol. The Hall–Kier alpha value is -0.610. The number of aliphatic hydroxyl groups is 1. The maximum Gasteiger partial charge on any atom is 0.238 e. The lowest BCUT2D eigenvalue weighted by atomic mass is 9.81. The minimum absolute atomic E-state index is 0.0181. The third-order valence-corrected chi connectivity index (χ3v) is 3.42. The lowest BCUT2D eigenvalue weighted by molar-refractivity contribution is -0.130. The maximum atomic E-state index is 11.7. The minimum Gasteiger partial charge on any atom is -0.392 e. The van der Waals surface area contributed by atoms with E-state index in [0.29, 0.717) is 13.0 Å². The van der Waals surface area contributed by atoms with Crippen molar-refractivity contribution in [2.24, 2.45) is 0 Å². The van der Waals surface area contributed by atoms with Gasteiger partial charge in [-0.25, -0.2) is 5.43 Å². The summed E-state index contributed by atoms with van der Waals surface area (Å²) in [5.41, 5.74) is 3.33. The normalized spacial score (nSPS) is 27.3. The fourth-order valence-corrected chi connectivity index (χ4v) is 2.70. The molecule has 2 aliphatic rings. The summed E-state index contributed by atoms with van der Waals surface area (Å²) in [5, 5.41) is 10.9. The summed E-state index contributed by atoms with van der Waals surface area (Å²) in [4.78, 5) is 11.7. The molecule has 0 aromatic rings. The second-order valence-corrected chi connectivity index (χ2v) is 4.98. The van der Waals surface area contributed by atoms with E-state index < -0.39 is 6.10 Å². The lowest BCUT2D eigenvalue weighted by Crippen LogP contribution is -2.49. The van der Waals surface area contributed by atoms with Gasteiger partial charge in [0.25, 0.3) is 0 Å².